The summed E-state index contributed by atoms with van der Waals surface area (Å²) < 4.78 is 8.90. The van der Waals surface area contributed by atoms with Gasteiger partial charge in [-0.3, -0.25) is 0 Å². The molecule has 0 spiro atoms. The lowest BCUT2D eigenvalue weighted by atomic mass is 9.93. The number of fused-ring (bicyclic) bond motifs is 6. The molecule has 69 heavy (non-hydrogen) atoms. The van der Waals surface area contributed by atoms with E-state index in [1.807, 2.05) is 12.1 Å². The summed E-state index contributed by atoms with van der Waals surface area (Å²) in [6.45, 7) is 0. The van der Waals surface area contributed by atoms with Crippen LogP contribution in [0.25, 0.3) is 105 Å². The van der Waals surface area contributed by atoms with E-state index >= 15 is 0 Å². The minimum Gasteiger partial charge on any atom is -0.455 e. The summed E-state index contributed by atoms with van der Waals surface area (Å²) in [4.78, 5) is 2.39. The first-order chi connectivity index (χ1) is 34.2. The van der Waals surface area contributed by atoms with Crippen molar-refractivity contribution >= 4 is 60.8 Å². The van der Waals surface area contributed by atoms with Gasteiger partial charge >= 0.3 is 0 Å². The highest BCUT2D eigenvalue weighted by molar-refractivity contribution is 6.11. The summed E-state index contributed by atoms with van der Waals surface area (Å²) in [7, 11) is 0. The number of aromatic nitrogens is 1. The third-order valence-corrected chi connectivity index (χ3v) is 13.6. The molecular weight excluding hydrogens is 837 g/mol. The average Bonchev–Trinajstić information content (AvgIpc) is 3.98. The maximum absolute atomic E-state index is 6.49. The number of rotatable bonds is 9. The second-order valence-electron chi connectivity index (χ2n) is 17.6. The Morgan fingerprint density at radius 1 is 0.290 bits per heavy atom. The minimum atomic E-state index is 0.898. The van der Waals surface area contributed by atoms with E-state index < -0.39 is 0 Å². The van der Waals surface area contributed by atoms with Crippen LogP contribution in [-0.4, -0.2) is 4.57 Å². The first-order valence-electron chi connectivity index (χ1n) is 23.6. The molecule has 0 unspecified atom stereocenters. The number of hydrogen-bond donors (Lipinski definition) is 0. The standard InChI is InChI=1S/C66H44N2O/c1-2-18-46(19-3-1)52-22-4-5-24-55(52)56-25-7-12-32-62(56)67(51-42-38-47(39-43-51)54-29-17-30-60-59-28-10-15-35-65(59)69-66(54)60)50-40-36-45(37-41-50)48-20-16-21-49(44-48)53-23-6-11-31-61(53)68-63-33-13-8-26-57(63)58-27-9-14-34-64(58)68/h1-44H. The molecule has 11 aromatic carbocycles. The predicted molar refractivity (Wildman–Crippen MR) is 290 cm³/mol. The van der Waals surface area contributed by atoms with Gasteiger partial charge in [0.15, 0.2) is 0 Å². The summed E-state index contributed by atoms with van der Waals surface area (Å²) in [5.41, 5.74) is 20.1. The van der Waals surface area contributed by atoms with Gasteiger partial charge in [0.25, 0.3) is 0 Å². The van der Waals surface area contributed by atoms with Gasteiger partial charge in [0, 0.05) is 49.6 Å². The Hall–Kier alpha value is -9.18. The molecule has 0 aliphatic heterocycles. The van der Waals surface area contributed by atoms with E-state index in [1.165, 1.54) is 49.6 Å². The molecule has 0 saturated heterocycles. The maximum Gasteiger partial charge on any atom is 0.143 e. The lowest BCUT2D eigenvalue weighted by Gasteiger charge is -2.29. The monoisotopic (exact) mass is 880 g/mol. The fraction of sp³-hybridized carbons (Fsp3) is 0. The van der Waals surface area contributed by atoms with E-state index in [0.29, 0.717) is 0 Å². The van der Waals surface area contributed by atoms with Crippen molar-refractivity contribution < 1.29 is 4.42 Å². The van der Waals surface area contributed by atoms with Gasteiger partial charge in [-0.1, -0.05) is 206 Å². The fourth-order valence-corrected chi connectivity index (χ4v) is 10.4. The van der Waals surface area contributed by atoms with Crippen LogP contribution in [0.4, 0.5) is 17.1 Å². The predicted octanol–water partition coefficient (Wildman–Crippen LogP) is 18.5. The zero-order valence-corrected chi connectivity index (χ0v) is 37.7. The molecule has 0 aliphatic carbocycles. The van der Waals surface area contributed by atoms with Crippen molar-refractivity contribution in [3.8, 4) is 61.3 Å². The van der Waals surface area contributed by atoms with E-state index in [0.717, 1.165) is 72.5 Å². The molecule has 2 heterocycles. The first kappa shape index (κ1) is 40.1. The highest BCUT2D eigenvalue weighted by Gasteiger charge is 2.21. The number of hydrogen-bond acceptors (Lipinski definition) is 2. The molecule has 0 aliphatic rings. The SMILES string of the molecule is c1ccc(-c2ccccc2-c2ccccc2N(c2ccc(-c3cccc(-c4ccccc4-n4c5ccccc5c5ccccc54)c3)cc2)c2ccc(-c3cccc4c3oc3ccccc34)cc2)cc1. The van der Waals surface area contributed by atoms with Crippen molar-refractivity contribution in [2.75, 3.05) is 4.90 Å². The lowest BCUT2D eigenvalue weighted by Crippen LogP contribution is -2.11. The van der Waals surface area contributed by atoms with Gasteiger partial charge < -0.3 is 13.9 Å². The van der Waals surface area contributed by atoms with Crippen LogP contribution in [0, 0.1) is 0 Å². The molecule has 0 fully saturated rings. The van der Waals surface area contributed by atoms with Crippen LogP contribution in [0.1, 0.15) is 0 Å². The van der Waals surface area contributed by atoms with Crippen LogP contribution in [0.5, 0.6) is 0 Å². The quantitative estimate of drug-likeness (QED) is 0.144. The fourth-order valence-electron chi connectivity index (χ4n) is 10.4. The Morgan fingerprint density at radius 3 is 1.52 bits per heavy atom. The molecule has 2 aromatic heterocycles. The van der Waals surface area contributed by atoms with Crippen LogP contribution in [0.3, 0.4) is 0 Å². The van der Waals surface area contributed by atoms with Crippen LogP contribution >= 0.6 is 0 Å². The Balaban J connectivity index is 0.915. The van der Waals surface area contributed by atoms with Crippen molar-refractivity contribution in [3.05, 3.63) is 267 Å². The Morgan fingerprint density at radius 2 is 0.783 bits per heavy atom. The van der Waals surface area contributed by atoms with Gasteiger partial charge in [-0.15, -0.1) is 0 Å². The van der Waals surface area contributed by atoms with E-state index in [9.17, 15) is 0 Å². The number of nitrogens with zero attached hydrogens (tertiary/aromatic N) is 2. The zero-order valence-electron chi connectivity index (χ0n) is 37.7. The second-order valence-corrected chi connectivity index (χ2v) is 17.6. The molecule has 0 bridgehead atoms. The van der Waals surface area contributed by atoms with Crippen molar-refractivity contribution in [1.82, 2.24) is 4.57 Å². The summed E-state index contributed by atoms with van der Waals surface area (Å²) in [6, 6.07) is 96.0. The van der Waals surface area contributed by atoms with E-state index in [1.54, 1.807) is 0 Å². The van der Waals surface area contributed by atoms with Gasteiger partial charge in [0.1, 0.15) is 11.2 Å². The number of furan rings is 1. The summed E-state index contributed by atoms with van der Waals surface area (Å²) in [5.74, 6) is 0. The minimum absolute atomic E-state index is 0.898. The van der Waals surface area contributed by atoms with Crippen LogP contribution in [0.15, 0.2) is 271 Å². The normalized spacial score (nSPS) is 11.5. The number of benzene rings is 11. The summed E-state index contributed by atoms with van der Waals surface area (Å²) in [6.07, 6.45) is 0. The van der Waals surface area contributed by atoms with E-state index in [-0.39, 0.29) is 0 Å². The molecule has 3 heteroatoms. The Labute approximate surface area is 401 Å². The second kappa shape index (κ2) is 16.9. The highest BCUT2D eigenvalue weighted by Crippen LogP contribution is 2.45. The number of para-hydroxylation sites is 6. The van der Waals surface area contributed by atoms with Crippen LogP contribution in [-0.2, 0) is 0 Å². The molecule has 324 valence electrons. The Bertz CT molecular complexity index is 3960. The van der Waals surface area contributed by atoms with Crippen molar-refractivity contribution in [1.29, 1.82) is 0 Å². The molecule has 0 saturated carbocycles. The van der Waals surface area contributed by atoms with Gasteiger partial charge in [-0.25, -0.2) is 0 Å². The van der Waals surface area contributed by atoms with Crippen molar-refractivity contribution in [2.24, 2.45) is 0 Å². The van der Waals surface area contributed by atoms with E-state index in [2.05, 4.69) is 264 Å². The molecule has 3 nitrogen and oxygen atoms in total. The van der Waals surface area contributed by atoms with Crippen LogP contribution in [0.2, 0.25) is 0 Å². The Kier molecular flexibility index (Phi) is 9.84. The van der Waals surface area contributed by atoms with Gasteiger partial charge in [0.2, 0.25) is 0 Å². The van der Waals surface area contributed by atoms with Gasteiger partial charge in [-0.05, 0) is 99.6 Å². The van der Waals surface area contributed by atoms with Gasteiger partial charge in [0.05, 0.1) is 22.4 Å². The third-order valence-electron chi connectivity index (χ3n) is 13.6. The summed E-state index contributed by atoms with van der Waals surface area (Å²) in [5, 5.41) is 4.76. The summed E-state index contributed by atoms with van der Waals surface area (Å²) >= 11 is 0. The van der Waals surface area contributed by atoms with Crippen molar-refractivity contribution in [3.63, 3.8) is 0 Å². The lowest BCUT2D eigenvalue weighted by molar-refractivity contribution is 0.670. The molecule has 0 amide bonds. The van der Waals surface area contributed by atoms with Crippen molar-refractivity contribution in [2.45, 2.75) is 0 Å². The molecular formula is C66H44N2O. The molecule has 13 aromatic rings. The van der Waals surface area contributed by atoms with Crippen LogP contribution < -0.4 is 4.90 Å². The van der Waals surface area contributed by atoms with Gasteiger partial charge in [-0.2, -0.15) is 0 Å². The highest BCUT2D eigenvalue weighted by atomic mass is 16.3. The molecule has 0 radical (unpaired) electrons. The first-order valence-corrected chi connectivity index (χ1v) is 23.6. The maximum atomic E-state index is 6.49. The topological polar surface area (TPSA) is 21.3 Å². The zero-order chi connectivity index (χ0) is 45.7. The largest absolute Gasteiger partial charge is 0.455 e. The molecule has 13 rings (SSSR count). The third kappa shape index (κ3) is 6.99. The van der Waals surface area contributed by atoms with E-state index in [4.69, 9.17) is 4.42 Å². The molecule has 0 atom stereocenters. The number of anilines is 3. The molecule has 0 N–H and O–H groups in total. The smallest absolute Gasteiger partial charge is 0.143 e. The average molecular weight is 881 g/mol.